The first-order chi connectivity index (χ1) is 22.0. The topological polar surface area (TPSA) is 59.7 Å². The molecule has 0 aliphatic heterocycles. The van der Waals surface area contributed by atoms with Crippen molar-refractivity contribution in [1.82, 2.24) is 4.90 Å². The number of hydrogen-bond acceptors (Lipinski definition) is 4. The molecule has 0 saturated heterocycles. The Bertz CT molecular complexity index is 1340. The summed E-state index contributed by atoms with van der Waals surface area (Å²) in [5.74, 6) is 0.0807. The van der Waals surface area contributed by atoms with E-state index in [1.54, 1.807) is 42.5 Å². The number of benzene rings is 2. The average molecular weight is 763 g/mol. The molecule has 0 aliphatic carbocycles. The third-order valence-electron chi connectivity index (χ3n) is 8.08. The first kappa shape index (κ1) is 39.5. The van der Waals surface area contributed by atoms with E-state index in [0.717, 1.165) is 31.5 Å². The van der Waals surface area contributed by atoms with Crippen molar-refractivity contribution in [3.05, 3.63) is 88.7 Å². The first-order valence-electron chi connectivity index (χ1n) is 16.9. The Labute approximate surface area is 298 Å². The van der Waals surface area contributed by atoms with Crippen LogP contribution in [0.25, 0.3) is 0 Å². The van der Waals surface area contributed by atoms with E-state index in [4.69, 9.17) is 21.1 Å². The van der Waals surface area contributed by atoms with Crippen molar-refractivity contribution in [2.24, 2.45) is 0 Å². The fraction of sp³-hybridized carbons (Fsp3) is 0.500. The molecular weight excluding hydrogens is 711 g/mol. The summed E-state index contributed by atoms with van der Waals surface area (Å²) >= 11 is 6.60. The van der Waals surface area contributed by atoms with Crippen LogP contribution < -0.4 is 38.0 Å². The Morgan fingerprint density at radius 1 is 0.739 bits per heavy atom. The lowest BCUT2D eigenvalue weighted by Crippen LogP contribution is -3.00. The molecule has 0 bridgehead atoms. The number of halogens is 2. The Kier molecular flexibility index (Phi) is 19.6. The minimum absolute atomic E-state index is 0. The highest BCUT2D eigenvalue weighted by Gasteiger charge is 2.29. The SMILES string of the molecule is CCCCCCCCCCCCCCOc1ccc(C(=O)N(Cc2cccc[n+]2CCC)C(=O)c2ccccc2OC)cc1Cl.[I-]. The predicted molar refractivity (Wildman–Crippen MR) is 182 cm³/mol. The van der Waals surface area contributed by atoms with Crippen molar-refractivity contribution in [3.63, 3.8) is 0 Å². The van der Waals surface area contributed by atoms with Crippen LogP contribution in [-0.2, 0) is 13.1 Å². The minimum Gasteiger partial charge on any atom is -1.00 e. The van der Waals surface area contributed by atoms with Gasteiger partial charge in [0.25, 0.3) is 11.8 Å². The van der Waals surface area contributed by atoms with Gasteiger partial charge in [-0.25, -0.2) is 4.57 Å². The van der Waals surface area contributed by atoms with Gasteiger partial charge in [0, 0.05) is 24.1 Å². The third kappa shape index (κ3) is 12.9. The molecule has 3 aromatic rings. The molecule has 6 nitrogen and oxygen atoms in total. The molecule has 0 unspecified atom stereocenters. The van der Waals surface area contributed by atoms with Crippen LogP contribution in [0.5, 0.6) is 11.5 Å². The van der Waals surface area contributed by atoms with E-state index in [1.165, 1.54) is 76.2 Å². The highest BCUT2D eigenvalue weighted by atomic mass is 127. The molecule has 1 heterocycles. The van der Waals surface area contributed by atoms with Gasteiger partial charge in [0.15, 0.2) is 6.20 Å². The molecule has 0 radical (unpaired) electrons. The van der Waals surface area contributed by atoms with Crippen molar-refractivity contribution >= 4 is 23.4 Å². The minimum atomic E-state index is -0.438. The van der Waals surface area contributed by atoms with E-state index in [-0.39, 0.29) is 30.5 Å². The van der Waals surface area contributed by atoms with E-state index >= 15 is 0 Å². The van der Waals surface area contributed by atoms with Gasteiger partial charge in [0.1, 0.15) is 24.6 Å². The van der Waals surface area contributed by atoms with Gasteiger partial charge >= 0.3 is 0 Å². The summed E-state index contributed by atoms with van der Waals surface area (Å²) in [4.78, 5) is 29.1. The number of carbonyl (C=O) groups is 2. The molecule has 0 atom stereocenters. The molecule has 8 heteroatoms. The molecule has 0 spiro atoms. The largest absolute Gasteiger partial charge is 1.00 e. The molecule has 0 aliphatic rings. The molecule has 252 valence electrons. The maximum atomic E-state index is 13.9. The smallest absolute Gasteiger partial charge is 0.265 e. The van der Waals surface area contributed by atoms with Crippen molar-refractivity contribution in [2.75, 3.05) is 13.7 Å². The van der Waals surface area contributed by atoms with Crippen molar-refractivity contribution in [3.8, 4) is 11.5 Å². The molecule has 3 rings (SSSR count). The summed E-state index contributed by atoms with van der Waals surface area (Å²) in [6.07, 6.45) is 18.3. The third-order valence-corrected chi connectivity index (χ3v) is 8.38. The van der Waals surface area contributed by atoms with Crippen LogP contribution in [0.2, 0.25) is 5.02 Å². The zero-order chi connectivity index (χ0) is 32.3. The van der Waals surface area contributed by atoms with Crippen LogP contribution in [0.1, 0.15) is 124 Å². The Hall–Kier alpha value is -2.65. The summed E-state index contributed by atoms with van der Waals surface area (Å²) in [5.41, 5.74) is 1.49. The van der Waals surface area contributed by atoms with Gasteiger partial charge < -0.3 is 33.5 Å². The van der Waals surface area contributed by atoms with Gasteiger partial charge in [-0.1, -0.05) is 114 Å². The number of aryl methyl sites for hydroxylation is 1. The number of rotatable bonds is 21. The number of imide groups is 1. The van der Waals surface area contributed by atoms with Crippen LogP contribution in [0.3, 0.4) is 0 Å². The first-order valence-corrected chi connectivity index (χ1v) is 17.3. The number of methoxy groups -OCH3 is 1. The molecule has 1 aromatic heterocycles. The second kappa shape index (κ2) is 22.8. The second-order valence-electron chi connectivity index (χ2n) is 11.7. The zero-order valence-corrected chi connectivity index (χ0v) is 30.9. The lowest BCUT2D eigenvalue weighted by molar-refractivity contribution is -0.704. The number of unbranched alkanes of at least 4 members (excludes halogenated alkanes) is 11. The fourth-order valence-electron chi connectivity index (χ4n) is 5.51. The van der Waals surface area contributed by atoms with Crippen LogP contribution in [0, 0.1) is 0 Å². The standard InChI is InChI=1S/C38H52ClN2O4.HI/c1-4-6-7-8-9-10-11-12-13-14-15-20-28-45-36-25-24-31(29-34(36)39)37(42)41(30-32-21-18-19-27-40(32)26-5-2)38(43)33-22-16-17-23-35(33)44-3;/h16-19,21-25,27,29H,4-15,20,26,28,30H2,1-3H3;1H/q+1;/p-1. The number of pyridine rings is 1. The Balaban J connectivity index is 0.00000736. The highest BCUT2D eigenvalue weighted by Crippen LogP contribution is 2.28. The van der Waals surface area contributed by atoms with Crippen LogP contribution >= 0.6 is 11.6 Å². The highest BCUT2D eigenvalue weighted by molar-refractivity contribution is 6.32. The number of ether oxygens (including phenoxy) is 2. The summed E-state index contributed by atoms with van der Waals surface area (Å²) in [6, 6.07) is 17.7. The average Bonchev–Trinajstić information content (AvgIpc) is 3.06. The van der Waals surface area contributed by atoms with Gasteiger partial charge in [-0.15, -0.1) is 0 Å². The number of carbonyl (C=O) groups excluding carboxylic acids is 2. The van der Waals surface area contributed by atoms with Crippen LogP contribution in [0.4, 0.5) is 0 Å². The molecule has 0 N–H and O–H groups in total. The number of nitrogens with zero attached hydrogens (tertiary/aromatic N) is 2. The number of aromatic nitrogens is 1. The van der Waals surface area contributed by atoms with Crippen molar-refractivity contribution in [1.29, 1.82) is 0 Å². The van der Waals surface area contributed by atoms with Gasteiger partial charge in [0.2, 0.25) is 5.69 Å². The maximum absolute atomic E-state index is 13.9. The summed E-state index contributed by atoms with van der Waals surface area (Å²) < 4.78 is 13.5. The van der Waals surface area contributed by atoms with Crippen molar-refractivity contribution in [2.45, 2.75) is 110 Å². The molecule has 2 amide bonds. The normalized spacial score (nSPS) is 10.7. The fourth-order valence-corrected chi connectivity index (χ4v) is 5.75. The van der Waals surface area contributed by atoms with Crippen molar-refractivity contribution < 1.29 is 47.6 Å². The lowest BCUT2D eigenvalue weighted by Gasteiger charge is -2.21. The number of para-hydroxylation sites is 1. The quantitative estimate of drug-likeness (QED) is 0.0531. The van der Waals surface area contributed by atoms with Gasteiger partial charge in [-0.3, -0.25) is 14.5 Å². The van der Waals surface area contributed by atoms with Crippen LogP contribution in [0.15, 0.2) is 66.9 Å². The Morgan fingerprint density at radius 2 is 1.37 bits per heavy atom. The number of amides is 2. The molecule has 2 aromatic carbocycles. The summed E-state index contributed by atoms with van der Waals surface area (Å²) in [5, 5.41) is 0.352. The Morgan fingerprint density at radius 3 is 2.00 bits per heavy atom. The predicted octanol–water partition coefficient (Wildman–Crippen LogP) is 6.61. The van der Waals surface area contributed by atoms with E-state index in [9.17, 15) is 9.59 Å². The molecular formula is C38H52ClIN2O4. The van der Waals surface area contributed by atoms with Gasteiger partial charge in [0.05, 0.1) is 24.3 Å². The van der Waals surface area contributed by atoms with E-state index in [2.05, 4.69) is 18.4 Å². The van der Waals surface area contributed by atoms with E-state index < -0.39 is 11.8 Å². The molecule has 0 saturated carbocycles. The van der Waals surface area contributed by atoms with Gasteiger partial charge in [-0.05, 0) is 36.8 Å². The van der Waals surface area contributed by atoms with E-state index in [0.29, 0.717) is 34.3 Å². The monoisotopic (exact) mass is 762 g/mol. The van der Waals surface area contributed by atoms with Gasteiger partial charge in [-0.2, -0.15) is 0 Å². The lowest BCUT2D eigenvalue weighted by atomic mass is 10.1. The second-order valence-corrected chi connectivity index (χ2v) is 12.1. The van der Waals surface area contributed by atoms with Crippen LogP contribution in [-0.4, -0.2) is 30.4 Å². The maximum Gasteiger partial charge on any atom is 0.265 e. The summed E-state index contributed by atoms with van der Waals surface area (Å²) in [6.45, 7) is 5.81. The van der Waals surface area contributed by atoms with E-state index in [1.807, 2.05) is 24.4 Å². The zero-order valence-electron chi connectivity index (χ0n) is 27.9. The molecule has 0 fully saturated rings. The number of hydrogen-bond donors (Lipinski definition) is 0. The molecule has 46 heavy (non-hydrogen) atoms. The summed E-state index contributed by atoms with van der Waals surface area (Å²) in [7, 11) is 1.51.